The molecule has 0 aliphatic heterocycles. The highest BCUT2D eigenvalue weighted by Crippen LogP contribution is 2.25. The van der Waals surface area contributed by atoms with E-state index in [0.29, 0.717) is 25.3 Å². The van der Waals surface area contributed by atoms with E-state index in [1.807, 2.05) is 73.7 Å². The van der Waals surface area contributed by atoms with Crippen molar-refractivity contribution in [3.63, 3.8) is 0 Å². The van der Waals surface area contributed by atoms with Crippen LogP contribution >= 0.6 is 11.6 Å². The number of nitrogens with one attached hydrogen (secondary N) is 1. The average Bonchev–Trinajstić information content (AvgIpc) is 3.68. The van der Waals surface area contributed by atoms with E-state index in [2.05, 4.69) is 4.98 Å². The molecule has 0 aliphatic rings. The van der Waals surface area contributed by atoms with E-state index < -0.39 is 10.8 Å². The fraction of sp³-hybridized carbons (Fsp3) is 0.212. The van der Waals surface area contributed by atoms with E-state index >= 15 is 0 Å². The third-order valence-corrected chi connectivity index (χ3v) is 7.75. The van der Waals surface area contributed by atoms with Crippen molar-refractivity contribution in [1.82, 2.24) is 14.8 Å². The number of benzene rings is 3. The minimum absolute atomic E-state index is 0.0126. The molecular formula is C33H32ClN5O5. The third-order valence-electron chi connectivity index (χ3n) is 7.44. The monoisotopic (exact) mass is 613 g/mol. The molecule has 2 heterocycles. The van der Waals surface area contributed by atoms with Crippen molar-refractivity contribution < 1.29 is 18.9 Å². The molecule has 1 N–H and O–H groups in total. The summed E-state index contributed by atoms with van der Waals surface area (Å²) >= 11 is 6.31. The van der Waals surface area contributed by atoms with Gasteiger partial charge in [0.25, 0.3) is 11.6 Å². The van der Waals surface area contributed by atoms with Crippen LogP contribution in [0.1, 0.15) is 27.2 Å². The standard InChI is InChI=1S/C33H32ClN5O5/c1-36(2)25-11-9-23(10-12-25)20-37(16-15-24-19-35-31-8-4-3-7-28(24)31)32(40)22-38(21-27-6-5-17-44-27)33(41)29-14-13-26(39(42)43)18-30(29)34/h3-14,17-19,35H,15-16,20-22H2,1-2H3. The maximum absolute atomic E-state index is 14.0. The largest absolute Gasteiger partial charge is 0.467 e. The van der Waals surface area contributed by atoms with Crippen molar-refractivity contribution in [3.8, 4) is 0 Å². The van der Waals surface area contributed by atoms with Crippen LogP contribution in [0.5, 0.6) is 0 Å². The first-order valence-corrected chi connectivity index (χ1v) is 14.4. The molecular weight excluding hydrogens is 582 g/mol. The van der Waals surface area contributed by atoms with E-state index in [9.17, 15) is 19.7 Å². The van der Waals surface area contributed by atoms with Crippen LogP contribution in [-0.4, -0.2) is 58.7 Å². The van der Waals surface area contributed by atoms with Gasteiger partial charge in [0.15, 0.2) is 0 Å². The fourth-order valence-corrected chi connectivity index (χ4v) is 5.28. The van der Waals surface area contributed by atoms with E-state index in [-0.39, 0.29) is 35.3 Å². The number of non-ortho nitro benzene ring substituents is 1. The van der Waals surface area contributed by atoms with Gasteiger partial charge < -0.3 is 24.1 Å². The Labute approximate surface area is 259 Å². The Kier molecular flexibility index (Phi) is 9.30. The minimum atomic E-state index is -0.582. The molecule has 226 valence electrons. The molecule has 10 nitrogen and oxygen atoms in total. The summed E-state index contributed by atoms with van der Waals surface area (Å²) in [5.74, 6) is -0.324. The van der Waals surface area contributed by atoms with Crippen molar-refractivity contribution in [2.75, 3.05) is 32.1 Å². The molecule has 0 aliphatic carbocycles. The molecule has 0 fully saturated rings. The second-order valence-electron chi connectivity index (χ2n) is 10.6. The normalized spacial score (nSPS) is 11.0. The number of rotatable bonds is 12. The van der Waals surface area contributed by atoms with Crippen molar-refractivity contribution in [3.05, 3.63) is 129 Å². The molecule has 0 atom stereocenters. The summed E-state index contributed by atoms with van der Waals surface area (Å²) in [5, 5.41) is 12.2. The molecule has 5 aromatic rings. The van der Waals surface area contributed by atoms with Crippen LogP contribution in [0.3, 0.4) is 0 Å². The van der Waals surface area contributed by atoms with E-state index in [0.717, 1.165) is 33.8 Å². The number of para-hydroxylation sites is 1. The Hall–Kier alpha value is -5.09. The molecule has 0 saturated carbocycles. The first-order valence-electron chi connectivity index (χ1n) is 14.0. The number of nitro groups is 1. The summed E-state index contributed by atoms with van der Waals surface area (Å²) in [4.78, 5) is 46.8. The van der Waals surface area contributed by atoms with Gasteiger partial charge in [-0.25, -0.2) is 0 Å². The lowest BCUT2D eigenvalue weighted by Crippen LogP contribution is -2.43. The summed E-state index contributed by atoms with van der Waals surface area (Å²) in [6, 6.07) is 23.1. The van der Waals surface area contributed by atoms with E-state index in [4.69, 9.17) is 16.0 Å². The van der Waals surface area contributed by atoms with Crippen LogP contribution in [0.2, 0.25) is 5.02 Å². The van der Waals surface area contributed by atoms with Gasteiger partial charge in [-0.05, 0) is 53.9 Å². The number of anilines is 1. The Bertz CT molecular complexity index is 1770. The Balaban J connectivity index is 1.41. The van der Waals surface area contributed by atoms with Gasteiger partial charge in [0.1, 0.15) is 12.3 Å². The Morgan fingerprint density at radius 1 is 0.955 bits per heavy atom. The van der Waals surface area contributed by atoms with Crippen LogP contribution < -0.4 is 4.90 Å². The smallest absolute Gasteiger partial charge is 0.270 e. The van der Waals surface area contributed by atoms with Crippen LogP contribution in [0, 0.1) is 10.1 Å². The van der Waals surface area contributed by atoms with Gasteiger partial charge in [0, 0.05) is 62.1 Å². The van der Waals surface area contributed by atoms with Crippen LogP contribution in [0.15, 0.2) is 95.7 Å². The molecule has 0 unspecified atom stereocenters. The average molecular weight is 614 g/mol. The van der Waals surface area contributed by atoms with Crippen molar-refractivity contribution in [2.24, 2.45) is 0 Å². The Morgan fingerprint density at radius 2 is 1.73 bits per heavy atom. The molecule has 0 saturated heterocycles. The zero-order chi connectivity index (χ0) is 31.2. The number of carbonyl (C=O) groups excluding carboxylic acids is 2. The number of fused-ring (bicyclic) bond motifs is 1. The molecule has 5 rings (SSSR count). The number of hydrogen-bond donors (Lipinski definition) is 1. The Morgan fingerprint density at radius 3 is 2.41 bits per heavy atom. The summed E-state index contributed by atoms with van der Waals surface area (Å²) in [7, 11) is 3.93. The van der Waals surface area contributed by atoms with Gasteiger partial charge in [-0.3, -0.25) is 19.7 Å². The maximum Gasteiger partial charge on any atom is 0.270 e. The molecule has 0 bridgehead atoms. The lowest BCUT2D eigenvalue weighted by atomic mass is 10.1. The highest BCUT2D eigenvalue weighted by atomic mass is 35.5. The maximum atomic E-state index is 14.0. The first kappa shape index (κ1) is 30.4. The highest BCUT2D eigenvalue weighted by Gasteiger charge is 2.26. The van der Waals surface area contributed by atoms with Crippen molar-refractivity contribution in [1.29, 1.82) is 0 Å². The molecule has 2 aromatic heterocycles. The first-order chi connectivity index (χ1) is 21.2. The van der Waals surface area contributed by atoms with Crippen LogP contribution in [-0.2, 0) is 24.3 Å². The van der Waals surface area contributed by atoms with E-state index in [1.165, 1.54) is 23.3 Å². The number of furan rings is 1. The number of carbonyl (C=O) groups is 2. The van der Waals surface area contributed by atoms with Gasteiger partial charge in [0.2, 0.25) is 5.91 Å². The predicted octanol–water partition coefficient (Wildman–Crippen LogP) is 6.30. The molecule has 11 heteroatoms. The topological polar surface area (TPSA) is 116 Å². The van der Waals surface area contributed by atoms with Crippen LogP contribution in [0.4, 0.5) is 11.4 Å². The van der Waals surface area contributed by atoms with Crippen molar-refractivity contribution in [2.45, 2.75) is 19.5 Å². The lowest BCUT2D eigenvalue weighted by Gasteiger charge is -2.28. The number of hydrogen-bond acceptors (Lipinski definition) is 6. The zero-order valence-electron chi connectivity index (χ0n) is 24.4. The van der Waals surface area contributed by atoms with Gasteiger partial charge in [-0.2, -0.15) is 0 Å². The number of aromatic nitrogens is 1. The summed E-state index contributed by atoms with van der Waals surface area (Å²) in [6.45, 7) is 0.516. The fourth-order valence-electron chi connectivity index (χ4n) is 5.02. The number of aromatic amines is 1. The van der Waals surface area contributed by atoms with Gasteiger partial charge in [-0.15, -0.1) is 0 Å². The lowest BCUT2D eigenvalue weighted by molar-refractivity contribution is -0.384. The number of amides is 2. The molecule has 3 aromatic carbocycles. The molecule has 2 amide bonds. The second kappa shape index (κ2) is 13.5. The zero-order valence-corrected chi connectivity index (χ0v) is 25.2. The number of nitrogens with zero attached hydrogens (tertiary/aromatic N) is 4. The summed E-state index contributed by atoms with van der Waals surface area (Å²) in [5.41, 5.74) is 3.92. The summed E-state index contributed by atoms with van der Waals surface area (Å²) < 4.78 is 5.49. The third kappa shape index (κ3) is 7.09. The number of halogens is 1. The molecule has 0 radical (unpaired) electrons. The van der Waals surface area contributed by atoms with Crippen LogP contribution in [0.25, 0.3) is 10.9 Å². The molecule has 44 heavy (non-hydrogen) atoms. The van der Waals surface area contributed by atoms with E-state index in [1.54, 1.807) is 17.0 Å². The SMILES string of the molecule is CN(C)c1ccc(CN(CCc2c[nH]c3ccccc23)C(=O)CN(Cc2ccco2)C(=O)c2ccc([N+](=O)[O-])cc2Cl)cc1. The molecule has 0 spiro atoms. The number of H-pyrrole nitrogens is 1. The van der Waals surface area contributed by atoms with Crippen molar-refractivity contribution >= 4 is 45.7 Å². The van der Waals surface area contributed by atoms with Gasteiger partial charge >= 0.3 is 0 Å². The highest BCUT2D eigenvalue weighted by molar-refractivity contribution is 6.34. The van der Waals surface area contributed by atoms with Gasteiger partial charge in [0.05, 0.1) is 28.3 Å². The van der Waals surface area contributed by atoms with Gasteiger partial charge in [-0.1, -0.05) is 41.9 Å². The second-order valence-corrected chi connectivity index (χ2v) is 11.1. The summed E-state index contributed by atoms with van der Waals surface area (Å²) in [6.07, 6.45) is 4.05. The quantitative estimate of drug-likeness (QED) is 0.130. The predicted molar refractivity (Wildman–Crippen MR) is 170 cm³/mol. The number of nitro benzene ring substituents is 1. The minimum Gasteiger partial charge on any atom is -0.467 e.